The topological polar surface area (TPSA) is 86.1 Å². The molecule has 0 radical (unpaired) electrons. The van der Waals surface area contributed by atoms with Gasteiger partial charge in [-0.25, -0.2) is 4.79 Å². The summed E-state index contributed by atoms with van der Waals surface area (Å²) in [5, 5.41) is 16.9. The molecule has 2 aromatic rings. The smallest absolute Gasteiger partial charge is 0.321 e. The maximum atomic E-state index is 12.0. The lowest BCUT2D eigenvalue weighted by Gasteiger charge is -2.33. The molecule has 1 fully saturated rings. The van der Waals surface area contributed by atoms with Crippen molar-refractivity contribution in [1.82, 2.24) is 10.6 Å². The molecule has 7 nitrogen and oxygen atoms in total. The maximum Gasteiger partial charge on any atom is 0.321 e. The predicted molar refractivity (Wildman–Crippen MR) is 101 cm³/mol. The molecule has 26 heavy (non-hydrogen) atoms. The first-order chi connectivity index (χ1) is 12.6. The highest BCUT2D eigenvalue weighted by atomic mass is 32.1. The number of rotatable bonds is 5. The normalized spacial score (nSPS) is 14.8. The second-order valence-electron chi connectivity index (χ2n) is 6.21. The lowest BCUT2D eigenvalue weighted by molar-refractivity contribution is -0.892. The Morgan fingerprint density at radius 3 is 2.62 bits per heavy atom. The van der Waals surface area contributed by atoms with Gasteiger partial charge in [0.05, 0.1) is 38.4 Å². The highest BCUT2D eigenvalue weighted by Crippen LogP contribution is 2.25. The van der Waals surface area contributed by atoms with E-state index in [1.54, 1.807) is 23.5 Å². The number of imide groups is 1. The van der Waals surface area contributed by atoms with E-state index in [1.807, 2.05) is 29.6 Å². The number of hydrogen-bond donors (Lipinski definition) is 4. The molecule has 0 spiro atoms. The van der Waals surface area contributed by atoms with Gasteiger partial charge in [0.25, 0.3) is 5.91 Å². The first kappa shape index (κ1) is 18.2. The molecule has 1 aromatic heterocycles. The summed E-state index contributed by atoms with van der Waals surface area (Å²) in [6.07, 6.45) is 0. The van der Waals surface area contributed by atoms with Crippen molar-refractivity contribution in [3.05, 3.63) is 46.7 Å². The second kappa shape index (κ2) is 8.68. The van der Waals surface area contributed by atoms with E-state index in [0.29, 0.717) is 6.54 Å². The number of benzene rings is 1. The van der Waals surface area contributed by atoms with Gasteiger partial charge in [0.15, 0.2) is 6.54 Å². The molecular weight excluding hydrogens is 352 g/mol. The van der Waals surface area contributed by atoms with Crippen molar-refractivity contribution in [2.75, 3.05) is 37.6 Å². The average Bonchev–Trinajstić information content (AvgIpc) is 3.15. The molecule has 0 saturated carbocycles. The maximum absolute atomic E-state index is 12.0. The first-order valence-electron chi connectivity index (χ1n) is 8.58. The summed E-state index contributed by atoms with van der Waals surface area (Å²) >= 11 is 1.56. The highest BCUT2D eigenvalue weighted by Gasteiger charge is 2.24. The number of hydrogen-bond acceptors (Lipinski definition) is 5. The quantitative estimate of drug-likeness (QED) is 0.601. The summed E-state index contributed by atoms with van der Waals surface area (Å²) in [7, 11) is 0. The van der Waals surface area contributed by atoms with E-state index < -0.39 is 6.03 Å². The molecular formula is C18H23N4O3S+. The molecule has 8 heteroatoms. The monoisotopic (exact) mass is 375 g/mol. The van der Waals surface area contributed by atoms with E-state index in [-0.39, 0.29) is 18.2 Å². The number of carbonyl (C=O) groups is 2. The van der Waals surface area contributed by atoms with Gasteiger partial charge in [-0.2, -0.15) is 0 Å². The molecule has 0 unspecified atom stereocenters. The number of urea groups is 1. The Labute approximate surface area is 156 Å². The van der Waals surface area contributed by atoms with Gasteiger partial charge in [0.1, 0.15) is 5.75 Å². The lowest BCUT2D eigenvalue weighted by Crippen LogP contribution is -3.16. The zero-order valence-electron chi connectivity index (χ0n) is 14.4. The summed E-state index contributed by atoms with van der Waals surface area (Å²) in [5.74, 6) is -0.00390. The number of piperazine rings is 1. The van der Waals surface area contributed by atoms with E-state index in [4.69, 9.17) is 0 Å². The Balaban J connectivity index is 1.39. The van der Waals surface area contributed by atoms with Gasteiger partial charge >= 0.3 is 6.03 Å². The number of carbonyl (C=O) groups excluding carboxylic acids is 2. The van der Waals surface area contributed by atoms with Gasteiger partial charge < -0.3 is 20.2 Å². The third kappa shape index (κ3) is 4.96. The minimum Gasteiger partial charge on any atom is -0.506 e. The Morgan fingerprint density at radius 2 is 1.92 bits per heavy atom. The standard InChI is InChI=1S/C18H22N4O3S/c23-16-6-2-1-5-15(16)22-9-7-21(8-10-22)13-17(24)20-18(25)19-12-14-4-3-11-26-14/h1-6,11,23H,7-10,12-13H2,(H2,19,20,24,25)/p+1. The van der Waals surface area contributed by atoms with Crippen LogP contribution in [0.1, 0.15) is 4.88 Å². The van der Waals surface area contributed by atoms with Crippen LogP contribution in [-0.2, 0) is 11.3 Å². The zero-order chi connectivity index (χ0) is 18.4. The van der Waals surface area contributed by atoms with Crippen LogP contribution >= 0.6 is 11.3 Å². The number of phenols is 1. The number of aromatic hydroxyl groups is 1. The summed E-state index contributed by atoms with van der Waals surface area (Å²) in [5.41, 5.74) is 0.823. The SMILES string of the molecule is O=C(C[NH+]1CCN(c2ccccc2O)CC1)NC(=O)NCc1cccs1. The lowest BCUT2D eigenvalue weighted by atomic mass is 10.2. The van der Waals surface area contributed by atoms with E-state index >= 15 is 0 Å². The molecule has 4 N–H and O–H groups in total. The van der Waals surface area contributed by atoms with Crippen molar-refractivity contribution in [2.24, 2.45) is 0 Å². The van der Waals surface area contributed by atoms with E-state index in [9.17, 15) is 14.7 Å². The van der Waals surface area contributed by atoms with Gasteiger partial charge in [-0.1, -0.05) is 18.2 Å². The number of para-hydroxylation sites is 2. The number of amides is 3. The molecule has 138 valence electrons. The fraction of sp³-hybridized carbons (Fsp3) is 0.333. The molecule has 0 atom stereocenters. The van der Waals surface area contributed by atoms with Gasteiger partial charge in [-0.05, 0) is 23.6 Å². The molecule has 3 amide bonds. The molecule has 1 saturated heterocycles. The minimum absolute atomic E-state index is 0.265. The number of nitrogens with zero attached hydrogens (tertiary/aromatic N) is 1. The summed E-state index contributed by atoms with van der Waals surface area (Å²) in [6, 6.07) is 10.7. The Hall–Kier alpha value is -2.58. The van der Waals surface area contributed by atoms with Crippen molar-refractivity contribution >= 4 is 29.0 Å². The van der Waals surface area contributed by atoms with Crippen molar-refractivity contribution < 1.29 is 19.6 Å². The fourth-order valence-corrected chi connectivity index (χ4v) is 3.64. The zero-order valence-corrected chi connectivity index (χ0v) is 15.2. The summed E-state index contributed by atoms with van der Waals surface area (Å²) < 4.78 is 0. The fourth-order valence-electron chi connectivity index (χ4n) is 2.99. The molecule has 0 aliphatic carbocycles. The van der Waals surface area contributed by atoms with Crippen LogP contribution in [0.4, 0.5) is 10.5 Å². The number of thiophene rings is 1. The van der Waals surface area contributed by atoms with Gasteiger partial charge in [-0.15, -0.1) is 11.3 Å². The van der Waals surface area contributed by atoms with Crippen LogP contribution in [0.2, 0.25) is 0 Å². The average molecular weight is 375 g/mol. The number of anilines is 1. The Kier molecular flexibility index (Phi) is 6.08. The number of quaternary nitrogens is 1. The largest absolute Gasteiger partial charge is 0.506 e. The summed E-state index contributed by atoms with van der Waals surface area (Å²) in [6.45, 7) is 3.75. The van der Waals surface area contributed by atoms with Crippen molar-refractivity contribution in [2.45, 2.75) is 6.54 Å². The first-order valence-corrected chi connectivity index (χ1v) is 9.46. The van der Waals surface area contributed by atoms with Crippen LogP contribution < -0.4 is 20.4 Å². The van der Waals surface area contributed by atoms with Gasteiger partial charge in [0, 0.05) is 4.88 Å². The van der Waals surface area contributed by atoms with Crippen LogP contribution in [0.25, 0.3) is 0 Å². The number of nitrogens with one attached hydrogen (secondary N) is 3. The van der Waals surface area contributed by atoms with Gasteiger partial charge in [0.2, 0.25) is 0 Å². The van der Waals surface area contributed by atoms with Crippen molar-refractivity contribution in [1.29, 1.82) is 0 Å². The third-order valence-electron chi connectivity index (χ3n) is 4.36. The molecule has 3 rings (SSSR count). The third-order valence-corrected chi connectivity index (χ3v) is 5.24. The van der Waals surface area contributed by atoms with Crippen LogP contribution in [0.5, 0.6) is 5.75 Å². The Bertz CT molecular complexity index is 743. The van der Waals surface area contributed by atoms with Crippen LogP contribution in [0, 0.1) is 0 Å². The second-order valence-corrected chi connectivity index (χ2v) is 7.25. The molecule has 1 aromatic carbocycles. The minimum atomic E-state index is -0.462. The number of phenolic OH excluding ortho intramolecular Hbond substituents is 1. The Morgan fingerprint density at radius 1 is 1.15 bits per heavy atom. The van der Waals surface area contributed by atoms with Gasteiger partial charge in [-0.3, -0.25) is 10.1 Å². The molecule has 0 bridgehead atoms. The highest BCUT2D eigenvalue weighted by molar-refractivity contribution is 7.09. The molecule has 2 heterocycles. The molecule has 1 aliphatic rings. The van der Waals surface area contributed by atoms with E-state index in [0.717, 1.165) is 41.6 Å². The summed E-state index contributed by atoms with van der Waals surface area (Å²) in [4.78, 5) is 28.1. The van der Waals surface area contributed by atoms with E-state index in [1.165, 1.54) is 0 Å². The van der Waals surface area contributed by atoms with Crippen molar-refractivity contribution in [3.63, 3.8) is 0 Å². The van der Waals surface area contributed by atoms with Crippen LogP contribution in [0.15, 0.2) is 41.8 Å². The molecule has 1 aliphatic heterocycles. The van der Waals surface area contributed by atoms with Crippen LogP contribution in [-0.4, -0.2) is 49.8 Å². The van der Waals surface area contributed by atoms with E-state index in [2.05, 4.69) is 15.5 Å². The van der Waals surface area contributed by atoms with Crippen molar-refractivity contribution in [3.8, 4) is 5.75 Å². The predicted octanol–water partition coefficient (Wildman–Crippen LogP) is 0.185. The van der Waals surface area contributed by atoms with Crippen LogP contribution in [0.3, 0.4) is 0 Å².